The highest BCUT2D eigenvalue weighted by atomic mass is 16.5. The predicted octanol–water partition coefficient (Wildman–Crippen LogP) is 0.267. The largest absolute Gasteiger partial charge is 0.481 e. The Labute approximate surface area is 107 Å². The van der Waals surface area contributed by atoms with Crippen LogP contribution in [0.2, 0.25) is 0 Å². The van der Waals surface area contributed by atoms with Gasteiger partial charge in [-0.15, -0.1) is 0 Å². The van der Waals surface area contributed by atoms with Crippen molar-refractivity contribution in [2.24, 2.45) is 11.3 Å². The number of nitrogens with one attached hydrogen (secondary N) is 1. The lowest BCUT2D eigenvalue weighted by atomic mass is 9.80. The Balaban J connectivity index is 2.52. The normalized spacial score (nSPS) is 20.1. The van der Waals surface area contributed by atoms with Crippen LogP contribution in [0.15, 0.2) is 0 Å². The molecule has 2 N–H and O–H groups in total. The average molecular weight is 259 g/mol. The molecule has 1 saturated heterocycles. The molecule has 1 aliphatic heterocycles. The summed E-state index contributed by atoms with van der Waals surface area (Å²) in [5.41, 5.74) is -0.888. The average Bonchev–Trinajstić information content (AvgIpc) is 2.37. The van der Waals surface area contributed by atoms with Gasteiger partial charge in [-0.25, -0.2) is 0 Å². The van der Waals surface area contributed by atoms with E-state index in [2.05, 4.69) is 5.32 Å². The van der Waals surface area contributed by atoms with Crippen molar-refractivity contribution in [3.8, 4) is 0 Å². The summed E-state index contributed by atoms with van der Waals surface area (Å²) in [6, 6.07) is 0. The molecule has 1 heterocycles. The molecule has 0 spiro atoms. The molecule has 0 saturated carbocycles. The van der Waals surface area contributed by atoms with Crippen LogP contribution in [0, 0.1) is 11.3 Å². The molecule has 1 amide bonds. The summed E-state index contributed by atoms with van der Waals surface area (Å²) >= 11 is 0. The van der Waals surface area contributed by atoms with E-state index in [1.807, 2.05) is 0 Å². The summed E-state index contributed by atoms with van der Waals surface area (Å²) in [4.78, 5) is 23.1. The molecule has 0 radical (unpaired) electrons. The molecule has 1 fully saturated rings. The van der Waals surface area contributed by atoms with Crippen LogP contribution in [0.1, 0.15) is 19.8 Å². The number of carboxylic acid groups (broad SMARTS) is 1. The molecule has 1 atom stereocenters. The molecule has 0 aromatic carbocycles. The number of carbonyl (C=O) groups is 2. The second-order valence-electron chi connectivity index (χ2n) is 4.77. The summed E-state index contributed by atoms with van der Waals surface area (Å²) in [5.74, 6) is -1.32. The molecule has 0 aliphatic carbocycles. The Morgan fingerprint density at radius 3 is 2.56 bits per heavy atom. The van der Waals surface area contributed by atoms with Gasteiger partial charge in [-0.3, -0.25) is 9.59 Å². The zero-order valence-corrected chi connectivity index (χ0v) is 10.9. The molecule has 6 nitrogen and oxygen atoms in total. The molecular weight excluding hydrogens is 238 g/mol. The third-order valence-electron chi connectivity index (χ3n) is 3.37. The molecule has 104 valence electrons. The molecule has 0 bridgehead atoms. The third-order valence-corrected chi connectivity index (χ3v) is 3.37. The Bertz CT molecular complexity index is 299. The molecular formula is C12H21NO5. The van der Waals surface area contributed by atoms with Gasteiger partial charge >= 0.3 is 5.97 Å². The van der Waals surface area contributed by atoms with Crippen molar-refractivity contribution < 1.29 is 24.2 Å². The summed E-state index contributed by atoms with van der Waals surface area (Å²) < 4.78 is 10.1. The zero-order chi connectivity index (χ0) is 13.6. The monoisotopic (exact) mass is 259 g/mol. The SMILES string of the molecule is COCC(C)C(=O)NCC1(C(=O)O)CCOCC1. The van der Waals surface area contributed by atoms with E-state index in [1.165, 1.54) is 7.11 Å². The quantitative estimate of drug-likeness (QED) is 0.715. The summed E-state index contributed by atoms with van der Waals surface area (Å²) in [6.45, 7) is 3.08. The maximum Gasteiger partial charge on any atom is 0.311 e. The highest BCUT2D eigenvalue weighted by Crippen LogP contribution is 2.30. The maximum absolute atomic E-state index is 11.7. The number of methoxy groups -OCH3 is 1. The van der Waals surface area contributed by atoms with Gasteiger partial charge < -0.3 is 19.9 Å². The van der Waals surface area contributed by atoms with Crippen LogP contribution < -0.4 is 5.32 Å². The first-order chi connectivity index (χ1) is 8.52. The number of aliphatic carboxylic acids is 1. The molecule has 1 unspecified atom stereocenters. The van der Waals surface area contributed by atoms with Gasteiger partial charge in [0.25, 0.3) is 0 Å². The first-order valence-electron chi connectivity index (χ1n) is 6.09. The van der Waals surface area contributed by atoms with Gasteiger partial charge in [0.15, 0.2) is 0 Å². The zero-order valence-electron chi connectivity index (χ0n) is 10.9. The van der Waals surface area contributed by atoms with Crippen molar-refractivity contribution in [3.63, 3.8) is 0 Å². The van der Waals surface area contributed by atoms with Crippen LogP contribution in [0.4, 0.5) is 0 Å². The van der Waals surface area contributed by atoms with Crippen LogP contribution in [0.5, 0.6) is 0 Å². The van der Waals surface area contributed by atoms with Crippen LogP contribution in [-0.2, 0) is 19.1 Å². The van der Waals surface area contributed by atoms with Crippen molar-refractivity contribution >= 4 is 11.9 Å². The number of carboxylic acids is 1. The van der Waals surface area contributed by atoms with E-state index >= 15 is 0 Å². The lowest BCUT2D eigenvalue weighted by Gasteiger charge is -2.33. The number of amides is 1. The molecule has 1 aliphatic rings. The van der Waals surface area contributed by atoms with Gasteiger partial charge in [0.1, 0.15) is 0 Å². The fourth-order valence-corrected chi connectivity index (χ4v) is 1.98. The van der Waals surface area contributed by atoms with Gasteiger partial charge in [0.2, 0.25) is 5.91 Å². The van der Waals surface area contributed by atoms with Gasteiger partial charge in [-0.05, 0) is 12.8 Å². The molecule has 18 heavy (non-hydrogen) atoms. The van der Waals surface area contributed by atoms with Gasteiger partial charge in [0, 0.05) is 26.9 Å². The highest BCUT2D eigenvalue weighted by molar-refractivity contribution is 5.80. The Hall–Kier alpha value is -1.14. The first kappa shape index (κ1) is 14.9. The number of rotatable bonds is 6. The fraction of sp³-hybridized carbons (Fsp3) is 0.833. The van der Waals surface area contributed by atoms with E-state index in [-0.39, 0.29) is 18.4 Å². The van der Waals surface area contributed by atoms with E-state index < -0.39 is 11.4 Å². The van der Waals surface area contributed by atoms with Gasteiger partial charge in [0.05, 0.1) is 17.9 Å². The molecule has 1 rings (SSSR count). The van der Waals surface area contributed by atoms with Crippen molar-refractivity contribution in [2.45, 2.75) is 19.8 Å². The van der Waals surface area contributed by atoms with Crippen LogP contribution in [-0.4, -0.2) is 50.5 Å². The van der Waals surface area contributed by atoms with Crippen molar-refractivity contribution in [1.82, 2.24) is 5.32 Å². The second kappa shape index (κ2) is 6.70. The number of ether oxygens (including phenoxy) is 2. The highest BCUT2D eigenvalue weighted by Gasteiger charge is 2.40. The lowest BCUT2D eigenvalue weighted by Crippen LogP contribution is -2.47. The standard InChI is InChI=1S/C12H21NO5/c1-9(7-17-2)10(14)13-8-12(11(15)16)3-5-18-6-4-12/h9H,3-8H2,1-2H3,(H,13,14)(H,15,16). The summed E-state index contributed by atoms with van der Waals surface area (Å²) in [7, 11) is 1.53. The van der Waals surface area contributed by atoms with E-state index in [1.54, 1.807) is 6.92 Å². The smallest absolute Gasteiger partial charge is 0.311 e. The van der Waals surface area contributed by atoms with E-state index in [4.69, 9.17) is 9.47 Å². The van der Waals surface area contributed by atoms with Gasteiger partial charge in [-0.1, -0.05) is 6.92 Å². The maximum atomic E-state index is 11.7. The molecule has 0 aromatic heterocycles. The van der Waals surface area contributed by atoms with Crippen LogP contribution >= 0.6 is 0 Å². The first-order valence-corrected chi connectivity index (χ1v) is 6.09. The van der Waals surface area contributed by atoms with Crippen LogP contribution in [0.25, 0.3) is 0 Å². The number of hydrogen-bond acceptors (Lipinski definition) is 4. The number of hydrogen-bond donors (Lipinski definition) is 2. The molecule has 0 aromatic rings. The molecule has 6 heteroatoms. The Morgan fingerprint density at radius 2 is 2.06 bits per heavy atom. The predicted molar refractivity (Wildman–Crippen MR) is 64.2 cm³/mol. The van der Waals surface area contributed by atoms with Crippen molar-refractivity contribution in [2.75, 3.05) is 33.5 Å². The van der Waals surface area contributed by atoms with Crippen molar-refractivity contribution in [3.05, 3.63) is 0 Å². The second-order valence-corrected chi connectivity index (χ2v) is 4.77. The Morgan fingerprint density at radius 1 is 1.44 bits per heavy atom. The minimum Gasteiger partial charge on any atom is -0.481 e. The van der Waals surface area contributed by atoms with Gasteiger partial charge in [-0.2, -0.15) is 0 Å². The summed E-state index contributed by atoms with van der Waals surface area (Å²) in [6.07, 6.45) is 0.864. The van der Waals surface area contributed by atoms with Crippen LogP contribution in [0.3, 0.4) is 0 Å². The number of carbonyl (C=O) groups excluding carboxylic acids is 1. The fourth-order valence-electron chi connectivity index (χ4n) is 1.98. The Kier molecular flexibility index (Phi) is 5.55. The van der Waals surface area contributed by atoms with E-state index in [9.17, 15) is 14.7 Å². The minimum atomic E-state index is -0.888. The lowest BCUT2D eigenvalue weighted by molar-refractivity contribution is -0.154. The summed E-state index contributed by atoms with van der Waals surface area (Å²) in [5, 5.41) is 12.0. The topological polar surface area (TPSA) is 84.9 Å². The third kappa shape index (κ3) is 3.68. The van der Waals surface area contributed by atoms with E-state index in [0.717, 1.165) is 0 Å². The van der Waals surface area contributed by atoms with E-state index in [0.29, 0.717) is 32.7 Å². The minimum absolute atomic E-state index is 0.151. The van der Waals surface area contributed by atoms with Crippen molar-refractivity contribution in [1.29, 1.82) is 0 Å².